The van der Waals surface area contributed by atoms with Gasteiger partial charge >= 0.3 is 0 Å². The van der Waals surface area contributed by atoms with Crippen molar-refractivity contribution in [2.75, 3.05) is 18.6 Å². The number of amides is 1. The molecule has 6 heterocycles. The van der Waals surface area contributed by atoms with Gasteiger partial charge in [0, 0.05) is 54.8 Å². The SMILES string of the molecule is Cn1ccc(-c2ccc(-c3cnn4c(N)c(S(C)(=O)=O)c([C@H]5C[C@H]6CC[C@@H](C5)N6C(=O)CO)nc34)cn2)n1. The lowest BCUT2D eigenvalue weighted by Crippen LogP contribution is -2.47. The fraction of sp³-hybridized carbons (Fsp3) is 0.400. The van der Waals surface area contributed by atoms with Crippen molar-refractivity contribution >= 4 is 27.2 Å². The first-order valence-electron chi connectivity index (χ1n) is 12.4. The van der Waals surface area contributed by atoms with Crippen molar-refractivity contribution in [3.8, 4) is 22.5 Å². The number of nitrogen functional groups attached to an aromatic ring is 1. The largest absolute Gasteiger partial charge is 0.387 e. The van der Waals surface area contributed by atoms with Crippen LogP contribution in [0.4, 0.5) is 5.82 Å². The van der Waals surface area contributed by atoms with Crippen LogP contribution in [0.25, 0.3) is 28.2 Å². The second kappa shape index (κ2) is 8.88. The summed E-state index contributed by atoms with van der Waals surface area (Å²) in [4.78, 5) is 23.5. The second-order valence-corrected chi connectivity index (χ2v) is 12.0. The number of piperidine rings is 1. The lowest BCUT2D eigenvalue weighted by molar-refractivity contribution is -0.138. The van der Waals surface area contributed by atoms with Crippen LogP contribution in [0.2, 0.25) is 0 Å². The van der Waals surface area contributed by atoms with Crippen molar-refractivity contribution in [3.05, 3.63) is 42.5 Å². The topological polar surface area (TPSA) is 162 Å². The molecular weight excluding hydrogens is 508 g/mol. The number of fused-ring (bicyclic) bond motifs is 3. The highest BCUT2D eigenvalue weighted by Crippen LogP contribution is 2.45. The number of sulfone groups is 1. The van der Waals surface area contributed by atoms with Crippen molar-refractivity contribution in [3.63, 3.8) is 0 Å². The molecule has 12 nitrogen and oxygen atoms in total. The minimum Gasteiger partial charge on any atom is -0.387 e. The molecule has 0 aliphatic carbocycles. The molecule has 3 atom stereocenters. The fourth-order valence-electron chi connectivity index (χ4n) is 6.02. The monoisotopic (exact) mass is 536 g/mol. The number of carbonyl (C=O) groups excluding carboxylic acids is 1. The highest BCUT2D eigenvalue weighted by atomic mass is 32.2. The standard InChI is InChI=1S/C25H28N8O4S/c1-31-8-7-20(30-31)19-6-3-14(11-27-19)18-12-28-33-24(26)23(38(2,36)37)22(29-25(18)33)15-9-16-4-5-17(10-15)32(16)21(35)13-34/h3,6-8,11-12,15-17,34H,4-5,9-10,13,26H2,1-2H3/t15-,16+,17-. The summed E-state index contributed by atoms with van der Waals surface area (Å²) in [7, 11) is -1.89. The number of rotatable bonds is 5. The molecule has 2 saturated heterocycles. The highest BCUT2D eigenvalue weighted by Gasteiger charge is 2.45. The van der Waals surface area contributed by atoms with E-state index in [0.29, 0.717) is 29.7 Å². The molecule has 6 rings (SSSR count). The Labute approximate surface area is 219 Å². The Kier molecular flexibility index (Phi) is 5.72. The molecule has 1 amide bonds. The van der Waals surface area contributed by atoms with E-state index in [1.165, 1.54) is 4.52 Å². The number of aliphatic hydroxyl groups excluding tert-OH is 1. The number of nitrogens with two attached hydrogens (primary N) is 1. The first kappa shape index (κ1) is 24.5. The van der Waals surface area contributed by atoms with E-state index >= 15 is 0 Å². The molecule has 0 saturated carbocycles. The number of nitrogens with zero attached hydrogens (tertiary/aromatic N) is 7. The molecule has 3 N–H and O–H groups in total. The molecule has 4 aromatic heterocycles. The number of aliphatic hydroxyl groups is 1. The van der Waals surface area contributed by atoms with Crippen LogP contribution >= 0.6 is 0 Å². The van der Waals surface area contributed by atoms with Crippen molar-refractivity contribution in [1.29, 1.82) is 0 Å². The van der Waals surface area contributed by atoms with E-state index < -0.39 is 16.4 Å². The van der Waals surface area contributed by atoms with Gasteiger partial charge < -0.3 is 15.7 Å². The van der Waals surface area contributed by atoms with Gasteiger partial charge in [0.15, 0.2) is 15.5 Å². The number of hydrogen-bond donors (Lipinski definition) is 2. The predicted molar refractivity (Wildman–Crippen MR) is 139 cm³/mol. The van der Waals surface area contributed by atoms with Crippen LogP contribution in [-0.4, -0.2) is 78.6 Å². The van der Waals surface area contributed by atoms with E-state index in [1.54, 1.807) is 22.0 Å². The maximum Gasteiger partial charge on any atom is 0.248 e. The second-order valence-electron chi connectivity index (χ2n) is 10.1. The van der Waals surface area contributed by atoms with Gasteiger partial charge in [-0.15, -0.1) is 0 Å². The molecule has 2 fully saturated rings. The smallest absolute Gasteiger partial charge is 0.248 e. The zero-order valence-electron chi connectivity index (χ0n) is 21.0. The molecule has 198 valence electrons. The Morgan fingerprint density at radius 2 is 1.87 bits per heavy atom. The molecule has 4 aromatic rings. The molecular formula is C25H28N8O4S. The van der Waals surface area contributed by atoms with Gasteiger partial charge in [0.2, 0.25) is 5.91 Å². The van der Waals surface area contributed by atoms with Crippen LogP contribution in [-0.2, 0) is 21.7 Å². The highest BCUT2D eigenvalue weighted by molar-refractivity contribution is 7.91. The van der Waals surface area contributed by atoms with Crippen LogP contribution in [0.15, 0.2) is 41.7 Å². The minimum atomic E-state index is -3.73. The van der Waals surface area contributed by atoms with Crippen molar-refractivity contribution in [2.24, 2.45) is 7.05 Å². The third-order valence-electron chi connectivity index (χ3n) is 7.63. The summed E-state index contributed by atoms with van der Waals surface area (Å²) in [6, 6.07) is 5.50. The third kappa shape index (κ3) is 3.93. The number of carbonyl (C=O) groups is 1. The molecule has 0 radical (unpaired) electrons. The van der Waals surface area contributed by atoms with Crippen LogP contribution in [0.5, 0.6) is 0 Å². The average molecular weight is 537 g/mol. The van der Waals surface area contributed by atoms with Gasteiger partial charge in [0.05, 0.1) is 17.6 Å². The summed E-state index contributed by atoms with van der Waals surface area (Å²) in [5, 5.41) is 18.2. The van der Waals surface area contributed by atoms with Gasteiger partial charge in [-0.05, 0) is 37.8 Å². The van der Waals surface area contributed by atoms with E-state index in [0.717, 1.165) is 36.0 Å². The van der Waals surface area contributed by atoms with Gasteiger partial charge in [-0.1, -0.05) is 6.07 Å². The zero-order chi connectivity index (χ0) is 26.8. The third-order valence-corrected chi connectivity index (χ3v) is 8.79. The number of hydrogen-bond acceptors (Lipinski definition) is 9. The summed E-state index contributed by atoms with van der Waals surface area (Å²) in [6.45, 7) is -0.532. The maximum absolute atomic E-state index is 12.9. The van der Waals surface area contributed by atoms with Crippen molar-refractivity contribution in [1.82, 2.24) is 34.3 Å². The number of pyridine rings is 1. The molecule has 2 aliphatic heterocycles. The van der Waals surface area contributed by atoms with Gasteiger partial charge in [-0.3, -0.25) is 14.5 Å². The Morgan fingerprint density at radius 1 is 1.13 bits per heavy atom. The van der Waals surface area contributed by atoms with Crippen LogP contribution in [0, 0.1) is 0 Å². The number of anilines is 1. The maximum atomic E-state index is 12.9. The molecule has 2 aliphatic rings. The van der Waals surface area contributed by atoms with Gasteiger partial charge in [-0.25, -0.2) is 13.4 Å². The first-order chi connectivity index (χ1) is 18.2. The van der Waals surface area contributed by atoms with Gasteiger partial charge in [0.25, 0.3) is 0 Å². The summed E-state index contributed by atoms with van der Waals surface area (Å²) in [6.07, 6.45) is 9.02. The Hall–Kier alpha value is -3.84. The lowest BCUT2D eigenvalue weighted by Gasteiger charge is -2.39. The van der Waals surface area contributed by atoms with E-state index in [1.807, 2.05) is 31.4 Å². The van der Waals surface area contributed by atoms with Crippen molar-refractivity contribution < 1.29 is 18.3 Å². The predicted octanol–water partition coefficient (Wildman–Crippen LogP) is 1.41. The Morgan fingerprint density at radius 3 is 2.45 bits per heavy atom. The fourth-order valence-corrected chi connectivity index (χ4v) is 7.08. The molecule has 38 heavy (non-hydrogen) atoms. The number of aromatic nitrogens is 6. The zero-order valence-corrected chi connectivity index (χ0v) is 21.8. The van der Waals surface area contributed by atoms with Gasteiger partial charge in [-0.2, -0.15) is 14.7 Å². The molecule has 0 unspecified atom stereocenters. The van der Waals surface area contributed by atoms with Gasteiger partial charge in [0.1, 0.15) is 23.0 Å². The van der Waals surface area contributed by atoms with E-state index in [9.17, 15) is 18.3 Å². The Bertz CT molecular complexity index is 1650. The summed E-state index contributed by atoms with van der Waals surface area (Å²) in [5.74, 6) is -0.486. The van der Waals surface area contributed by atoms with Crippen LogP contribution in [0.3, 0.4) is 0 Å². The first-order valence-corrected chi connectivity index (χ1v) is 14.3. The summed E-state index contributed by atoms with van der Waals surface area (Å²) >= 11 is 0. The van der Waals surface area contributed by atoms with E-state index in [-0.39, 0.29) is 34.6 Å². The Balaban J connectivity index is 1.44. The minimum absolute atomic E-state index is 0.0121. The average Bonchev–Trinajstić information content (AvgIpc) is 3.58. The molecule has 0 spiro atoms. The van der Waals surface area contributed by atoms with Crippen molar-refractivity contribution in [2.45, 2.75) is 48.6 Å². The molecule has 13 heteroatoms. The van der Waals surface area contributed by atoms with Crippen LogP contribution in [0.1, 0.15) is 37.3 Å². The van der Waals surface area contributed by atoms with E-state index in [4.69, 9.17) is 10.7 Å². The van der Waals surface area contributed by atoms with E-state index in [2.05, 4.69) is 15.2 Å². The lowest BCUT2D eigenvalue weighted by atomic mass is 9.87. The molecule has 2 bridgehead atoms. The quantitative estimate of drug-likeness (QED) is 0.384. The summed E-state index contributed by atoms with van der Waals surface area (Å²) in [5.41, 5.74) is 10.2. The van der Waals surface area contributed by atoms with Crippen LogP contribution < -0.4 is 5.73 Å². The number of aryl methyl sites for hydroxylation is 1. The summed E-state index contributed by atoms with van der Waals surface area (Å²) < 4.78 is 28.9. The normalized spacial score (nSPS) is 21.3. The molecule has 0 aromatic carbocycles.